The maximum Gasteiger partial charge on any atom is 0.416 e. The highest BCUT2D eigenvalue weighted by atomic mass is 19.4. The lowest BCUT2D eigenvalue weighted by Crippen LogP contribution is -2.46. The smallest absolute Gasteiger partial charge is 0.369 e. The van der Waals surface area contributed by atoms with Gasteiger partial charge in [0.1, 0.15) is 0 Å². The van der Waals surface area contributed by atoms with Crippen molar-refractivity contribution in [2.75, 3.05) is 42.9 Å². The highest BCUT2D eigenvalue weighted by Crippen LogP contribution is 2.31. The van der Waals surface area contributed by atoms with Crippen molar-refractivity contribution in [3.8, 4) is 5.69 Å². The van der Waals surface area contributed by atoms with Crippen molar-refractivity contribution in [2.45, 2.75) is 26.9 Å². The van der Waals surface area contributed by atoms with Crippen molar-refractivity contribution in [1.29, 1.82) is 0 Å². The highest BCUT2D eigenvalue weighted by Gasteiger charge is 2.31. The maximum atomic E-state index is 13.1. The molecule has 1 amide bonds. The number of hydrogen-bond acceptors (Lipinski definition) is 4. The molecule has 1 fully saturated rings. The number of anilines is 2. The maximum absolute atomic E-state index is 13.1. The summed E-state index contributed by atoms with van der Waals surface area (Å²) in [7, 11) is 0. The number of nitrogens with one attached hydrogen (secondary N) is 1. The summed E-state index contributed by atoms with van der Waals surface area (Å²) in [6.45, 7) is 10.8. The van der Waals surface area contributed by atoms with E-state index in [-0.39, 0.29) is 11.6 Å². The van der Waals surface area contributed by atoms with E-state index in [1.54, 1.807) is 6.92 Å². The molecule has 0 spiro atoms. The lowest BCUT2D eigenvalue weighted by Gasteiger charge is -2.35. The molecular formula is C25H28F3N5O. The van der Waals surface area contributed by atoms with E-state index in [0.717, 1.165) is 56.1 Å². The fourth-order valence-electron chi connectivity index (χ4n) is 4.20. The molecule has 180 valence electrons. The Balaban J connectivity index is 1.49. The normalized spacial score (nSPS) is 14.9. The highest BCUT2D eigenvalue weighted by molar-refractivity contribution is 6.05. The molecule has 2 aromatic carbocycles. The van der Waals surface area contributed by atoms with Gasteiger partial charge in [0.25, 0.3) is 5.91 Å². The molecule has 6 nitrogen and oxygen atoms in total. The third-order valence-corrected chi connectivity index (χ3v) is 6.32. The van der Waals surface area contributed by atoms with Gasteiger partial charge in [0.2, 0.25) is 0 Å². The van der Waals surface area contributed by atoms with Crippen molar-refractivity contribution >= 4 is 17.3 Å². The molecule has 1 saturated heterocycles. The van der Waals surface area contributed by atoms with Crippen molar-refractivity contribution in [1.82, 2.24) is 14.7 Å². The van der Waals surface area contributed by atoms with Gasteiger partial charge >= 0.3 is 6.18 Å². The van der Waals surface area contributed by atoms with Crippen LogP contribution >= 0.6 is 0 Å². The number of alkyl halides is 3. The molecule has 1 aliphatic rings. The molecule has 1 aliphatic heterocycles. The number of aromatic nitrogens is 2. The average molecular weight is 472 g/mol. The van der Waals surface area contributed by atoms with Crippen LogP contribution in [0, 0.1) is 13.8 Å². The molecule has 2 heterocycles. The Kier molecular flexibility index (Phi) is 6.65. The molecular weight excluding hydrogens is 443 g/mol. The number of piperazine rings is 1. The molecule has 0 aliphatic carbocycles. The van der Waals surface area contributed by atoms with Crippen molar-refractivity contribution in [3.05, 3.63) is 71.0 Å². The van der Waals surface area contributed by atoms with E-state index in [9.17, 15) is 18.0 Å². The van der Waals surface area contributed by atoms with Crippen LogP contribution in [0.25, 0.3) is 5.69 Å². The minimum Gasteiger partial charge on any atom is -0.369 e. The van der Waals surface area contributed by atoms with Gasteiger partial charge in [0.05, 0.1) is 28.7 Å². The predicted molar refractivity (Wildman–Crippen MR) is 127 cm³/mol. The number of nitrogens with zero attached hydrogens (tertiary/aromatic N) is 4. The van der Waals surface area contributed by atoms with Crippen LogP contribution in [0.15, 0.2) is 48.7 Å². The van der Waals surface area contributed by atoms with E-state index in [4.69, 9.17) is 0 Å². The zero-order valence-corrected chi connectivity index (χ0v) is 19.5. The van der Waals surface area contributed by atoms with E-state index in [2.05, 4.69) is 33.2 Å². The van der Waals surface area contributed by atoms with Crippen LogP contribution in [0.1, 0.15) is 34.1 Å². The van der Waals surface area contributed by atoms with Crippen LogP contribution in [0.5, 0.6) is 0 Å². The zero-order valence-electron chi connectivity index (χ0n) is 19.5. The van der Waals surface area contributed by atoms with Crippen molar-refractivity contribution in [3.63, 3.8) is 0 Å². The van der Waals surface area contributed by atoms with E-state index in [1.165, 1.54) is 23.0 Å². The monoisotopic (exact) mass is 471 g/mol. The van der Waals surface area contributed by atoms with Crippen LogP contribution in [-0.2, 0) is 6.18 Å². The lowest BCUT2D eigenvalue weighted by molar-refractivity contribution is -0.137. The summed E-state index contributed by atoms with van der Waals surface area (Å²) in [6, 6.07) is 10.8. The molecule has 0 saturated carbocycles. The minimum atomic E-state index is -4.45. The molecule has 1 N–H and O–H groups in total. The number of aryl methyl sites for hydroxylation is 1. The summed E-state index contributed by atoms with van der Waals surface area (Å²) >= 11 is 0. The first kappa shape index (κ1) is 23.8. The molecule has 4 rings (SSSR count). The predicted octanol–water partition coefficient (Wildman–Crippen LogP) is 4.90. The third-order valence-electron chi connectivity index (χ3n) is 6.32. The van der Waals surface area contributed by atoms with Gasteiger partial charge in [-0.1, -0.05) is 13.0 Å². The van der Waals surface area contributed by atoms with Gasteiger partial charge in [0.15, 0.2) is 0 Å². The fraction of sp³-hybridized carbons (Fsp3) is 0.360. The zero-order chi connectivity index (χ0) is 24.5. The molecule has 0 atom stereocenters. The topological polar surface area (TPSA) is 53.4 Å². The summed E-state index contributed by atoms with van der Waals surface area (Å²) in [5, 5.41) is 7.08. The Bertz CT molecular complexity index is 1180. The Hall–Kier alpha value is -3.33. The van der Waals surface area contributed by atoms with Crippen LogP contribution < -0.4 is 10.2 Å². The van der Waals surface area contributed by atoms with Crippen molar-refractivity contribution in [2.24, 2.45) is 0 Å². The Morgan fingerprint density at radius 3 is 2.41 bits per heavy atom. The molecule has 9 heteroatoms. The number of amides is 1. The molecule has 0 radical (unpaired) electrons. The first-order valence-electron chi connectivity index (χ1n) is 11.3. The number of carbonyl (C=O) groups is 1. The van der Waals surface area contributed by atoms with Crippen LogP contribution in [-0.4, -0.2) is 53.3 Å². The first-order chi connectivity index (χ1) is 16.2. The first-order valence-corrected chi connectivity index (χ1v) is 11.3. The van der Waals surface area contributed by atoms with Gasteiger partial charge in [0, 0.05) is 37.6 Å². The molecule has 0 unspecified atom stereocenters. The van der Waals surface area contributed by atoms with Gasteiger partial charge in [-0.05, 0) is 62.4 Å². The van der Waals surface area contributed by atoms with Gasteiger partial charge in [-0.15, -0.1) is 0 Å². The van der Waals surface area contributed by atoms with Crippen LogP contribution in [0.2, 0.25) is 0 Å². The number of halogens is 3. The number of hydrogen-bond donors (Lipinski definition) is 1. The molecule has 0 bridgehead atoms. The van der Waals surface area contributed by atoms with Gasteiger partial charge in [-0.25, -0.2) is 4.68 Å². The number of carbonyl (C=O) groups excluding carboxylic acids is 1. The van der Waals surface area contributed by atoms with Gasteiger partial charge in [-0.3, -0.25) is 4.79 Å². The van der Waals surface area contributed by atoms with Gasteiger partial charge in [-0.2, -0.15) is 18.3 Å². The van der Waals surface area contributed by atoms with E-state index >= 15 is 0 Å². The standard InChI is InChI=1S/C25H28F3N5O/c1-4-31-10-12-32(13-11-31)20-8-9-23(17(2)14-20)30-24(34)22-16-29-33(18(22)3)21-7-5-6-19(15-21)25(26,27)28/h5-9,14-16H,4,10-13H2,1-3H3,(H,30,34). The van der Waals surface area contributed by atoms with Crippen molar-refractivity contribution < 1.29 is 18.0 Å². The summed E-state index contributed by atoms with van der Waals surface area (Å²) in [5.41, 5.74) is 2.99. The Morgan fingerprint density at radius 1 is 1.03 bits per heavy atom. The lowest BCUT2D eigenvalue weighted by atomic mass is 10.1. The summed E-state index contributed by atoms with van der Waals surface area (Å²) in [5.74, 6) is -0.358. The number of likely N-dealkylation sites (N-methyl/N-ethyl adjacent to an activating group) is 1. The summed E-state index contributed by atoms with van der Waals surface area (Å²) in [6.07, 6.45) is -3.08. The second-order valence-corrected chi connectivity index (χ2v) is 8.48. The largest absolute Gasteiger partial charge is 0.416 e. The van der Waals surface area contributed by atoms with Gasteiger partial charge < -0.3 is 15.1 Å². The van der Waals surface area contributed by atoms with E-state index < -0.39 is 11.7 Å². The second kappa shape index (κ2) is 9.50. The second-order valence-electron chi connectivity index (χ2n) is 8.48. The molecule has 34 heavy (non-hydrogen) atoms. The minimum absolute atomic E-state index is 0.245. The molecule has 3 aromatic rings. The quantitative estimate of drug-likeness (QED) is 0.575. The third kappa shape index (κ3) is 4.94. The summed E-state index contributed by atoms with van der Waals surface area (Å²) in [4.78, 5) is 17.7. The SMILES string of the molecule is CCN1CCN(c2ccc(NC(=O)c3cnn(-c4cccc(C(F)(F)F)c4)c3C)c(C)c2)CC1. The number of rotatable bonds is 5. The Labute approximate surface area is 197 Å². The Morgan fingerprint density at radius 2 is 1.76 bits per heavy atom. The fourth-order valence-corrected chi connectivity index (χ4v) is 4.20. The number of benzene rings is 2. The van der Waals surface area contributed by atoms with E-state index in [0.29, 0.717) is 16.9 Å². The van der Waals surface area contributed by atoms with Crippen LogP contribution in [0.3, 0.4) is 0 Å². The van der Waals surface area contributed by atoms with Crippen LogP contribution in [0.4, 0.5) is 24.5 Å². The molecule has 1 aromatic heterocycles. The summed E-state index contributed by atoms with van der Waals surface area (Å²) < 4.78 is 40.6. The van der Waals surface area contributed by atoms with E-state index in [1.807, 2.05) is 19.1 Å². The average Bonchev–Trinajstić information content (AvgIpc) is 3.21.